The minimum Gasteiger partial charge on any atom is -0.361 e. The Morgan fingerprint density at radius 2 is 2.14 bits per heavy atom. The Hall–Kier alpha value is -2.56. The molecule has 1 amide bonds. The Labute approximate surface area is 122 Å². The fraction of sp³-hybridized carbons (Fsp3) is 0.250. The lowest BCUT2D eigenvalue weighted by molar-refractivity contribution is 0.0954. The number of aromatic nitrogens is 3. The highest BCUT2D eigenvalue weighted by molar-refractivity contribution is 5.98. The average molecular weight is 282 g/mol. The first-order valence-corrected chi connectivity index (χ1v) is 7.01. The number of benzene rings is 1. The molecule has 0 saturated carbocycles. The second-order valence-electron chi connectivity index (χ2n) is 5.20. The van der Waals surface area contributed by atoms with Gasteiger partial charge in [0.25, 0.3) is 5.91 Å². The van der Waals surface area contributed by atoms with Gasteiger partial charge >= 0.3 is 0 Å². The van der Waals surface area contributed by atoms with Crippen LogP contribution in [-0.4, -0.2) is 27.6 Å². The Kier molecular flexibility index (Phi) is 3.48. The lowest BCUT2D eigenvalue weighted by Crippen LogP contribution is -2.25. The third kappa shape index (κ3) is 2.67. The molecule has 0 radical (unpaired) electrons. The fourth-order valence-electron chi connectivity index (χ4n) is 2.54. The number of nitrogens with one attached hydrogen (secondary N) is 3. The van der Waals surface area contributed by atoms with Gasteiger partial charge in [0.2, 0.25) is 0 Å². The van der Waals surface area contributed by atoms with Crippen molar-refractivity contribution in [3.63, 3.8) is 0 Å². The number of carbonyl (C=O) groups is 1. The van der Waals surface area contributed by atoms with Crippen molar-refractivity contribution in [2.75, 3.05) is 6.54 Å². The summed E-state index contributed by atoms with van der Waals surface area (Å²) in [6.07, 6.45) is 2.66. The zero-order valence-electron chi connectivity index (χ0n) is 12.2. The highest BCUT2D eigenvalue weighted by Gasteiger charge is 2.09. The minimum absolute atomic E-state index is 0.0445. The SMILES string of the molecule is Cc1n[nH]c(C)c1CCNC(=O)c1ccc2[nH]ccc2c1. The van der Waals surface area contributed by atoms with Crippen LogP contribution in [0.4, 0.5) is 0 Å². The molecule has 0 aliphatic rings. The maximum Gasteiger partial charge on any atom is 0.251 e. The highest BCUT2D eigenvalue weighted by Crippen LogP contribution is 2.14. The van der Waals surface area contributed by atoms with Crippen molar-refractivity contribution in [3.05, 3.63) is 53.0 Å². The molecule has 1 aromatic carbocycles. The standard InChI is InChI=1S/C16H18N4O/c1-10-14(11(2)20-19-10)6-8-18-16(21)13-3-4-15-12(9-13)5-7-17-15/h3-5,7,9,17H,6,8H2,1-2H3,(H,18,21)(H,19,20). The molecular weight excluding hydrogens is 264 g/mol. The van der Waals surface area contributed by atoms with Crippen LogP contribution in [0.15, 0.2) is 30.5 Å². The van der Waals surface area contributed by atoms with Crippen molar-refractivity contribution < 1.29 is 4.79 Å². The number of aromatic amines is 2. The van der Waals surface area contributed by atoms with Gasteiger partial charge in [0.1, 0.15) is 0 Å². The summed E-state index contributed by atoms with van der Waals surface area (Å²) in [4.78, 5) is 15.3. The second kappa shape index (κ2) is 5.44. The van der Waals surface area contributed by atoms with E-state index in [1.54, 1.807) is 0 Å². The first-order valence-electron chi connectivity index (χ1n) is 7.01. The first kappa shape index (κ1) is 13.4. The van der Waals surface area contributed by atoms with E-state index in [1.807, 2.05) is 44.3 Å². The van der Waals surface area contributed by atoms with E-state index in [1.165, 1.54) is 5.56 Å². The van der Waals surface area contributed by atoms with Gasteiger partial charge in [-0.15, -0.1) is 0 Å². The third-order valence-electron chi connectivity index (χ3n) is 3.76. The molecule has 3 rings (SSSR count). The van der Waals surface area contributed by atoms with E-state index in [0.717, 1.165) is 28.7 Å². The lowest BCUT2D eigenvalue weighted by atomic mass is 10.1. The summed E-state index contributed by atoms with van der Waals surface area (Å²) >= 11 is 0. The highest BCUT2D eigenvalue weighted by atomic mass is 16.1. The molecule has 0 bridgehead atoms. The smallest absolute Gasteiger partial charge is 0.251 e. The second-order valence-corrected chi connectivity index (χ2v) is 5.20. The molecule has 21 heavy (non-hydrogen) atoms. The van der Waals surface area contributed by atoms with Crippen molar-refractivity contribution in [1.29, 1.82) is 0 Å². The Morgan fingerprint density at radius 1 is 1.29 bits per heavy atom. The number of hydrogen-bond acceptors (Lipinski definition) is 2. The predicted octanol–water partition coefficient (Wildman–Crippen LogP) is 2.48. The molecule has 108 valence electrons. The normalized spacial score (nSPS) is 11.0. The topological polar surface area (TPSA) is 73.6 Å². The largest absolute Gasteiger partial charge is 0.361 e. The van der Waals surface area contributed by atoms with Gasteiger partial charge in [-0.3, -0.25) is 9.89 Å². The molecule has 0 atom stereocenters. The number of fused-ring (bicyclic) bond motifs is 1. The monoisotopic (exact) mass is 282 g/mol. The van der Waals surface area contributed by atoms with Gasteiger partial charge in [0, 0.05) is 34.9 Å². The van der Waals surface area contributed by atoms with Crippen LogP contribution in [0.3, 0.4) is 0 Å². The van der Waals surface area contributed by atoms with E-state index in [-0.39, 0.29) is 5.91 Å². The number of rotatable bonds is 4. The van der Waals surface area contributed by atoms with E-state index >= 15 is 0 Å². The van der Waals surface area contributed by atoms with E-state index in [0.29, 0.717) is 12.1 Å². The van der Waals surface area contributed by atoms with Crippen molar-refractivity contribution in [3.8, 4) is 0 Å². The minimum atomic E-state index is -0.0445. The van der Waals surface area contributed by atoms with Crippen molar-refractivity contribution >= 4 is 16.8 Å². The molecule has 0 aliphatic carbocycles. The van der Waals surface area contributed by atoms with E-state index < -0.39 is 0 Å². The lowest BCUT2D eigenvalue weighted by Gasteiger charge is -2.06. The maximum atomic E-state index is 12.2. The van der Waals surface area contributed by atoms with Crippen LogP contribution in [0.1, 0.15) is 27.3 Å². The van der Waals surface area contributed by atoms with Gasteiger partial charge in [0.05, 0.1) is 5.69 Å². The van der Waals surface area contributed by atoms with Crippen LogP contribution in [0, 0.1) is 13.8 Å². The fourth-order valence-corrected chi connectivity index (χ4v) is 2.54. The van der Waals surface area contributed by atoms with Crippen molar-refractivity contribution in [2.45, 2.75) is 20.3 Å². The average Bonchev–Trinajstić information content (AvgIpc) is 3.07. The molecule has 0 aliphatic heterocycles. The maximum absolute atomic E-state index is 12.2. The molecule has 3 N–H and O–H groups in total. The number of H-pyrrole nitrogens is 2. The molecule has 0 fully saturated rings. The number of hydrogen-bond donors (Lipinski definition) is 3. The van der Waals surface area contributed by atoms with Gasteiger partial charge in [-0.25, -0.2) is 0 Å². The summed E-state index contributed by atoms with van der Waals surface area (Å²) in [5.41, 5.74) is 4.96. The summed E-state index contributed by atoms with van der Waals surface area (Å²) in [6, 6.07) is 7.62. The molecule has 5 nitrogen and oxygen atoms in total. The Balaban J connectivity index is 1.63. The van der Waals surface area contributed by atoms with Gasteiger partial charge in [-0.2, -0.15) is 5.10 Å². The van der Waals surface area contributed by atoms with Crippen molar-refractivity contribution in [1.82, 2.24) is 20.5 Å². The summed E-state index contributed by atoms with van der Waals surface area (Å²) in [5, 5.41) is 11.1. The Morgan fingerprint density at radius 3 is 2.90 bits per heavy atom. The van der Waals surface area contributed by atoms with E-state index in [2.05, 4.69) is 20.5 Å². The zero-order valence-corrected chi connectivity index (χ0v) is 12.2. The summed E-state index contributed by atoms with van der Waals surface area (Å²) < 4.78 is 0. The van der Waals surface area contributed by atoms with Crippen LogP contribution in [0.2, 0.25) is 0 Å². The zero-order chi connectivity index (χ0) is 14.8. The van der Waals surface area contributed by atoms with E-state index in [4.69, 9.17) is 0 Å². The van der Waals surface area contributed by atoms with Gasteiger partial charge < -0.3 is 10.3 Å². The van der Waals surface area contributed by atoms with Gasteiger partial charge in [0.15, 0.2) is 0 Å². The summed E-state index contributed by atoms with van der Waals surface area (Å²) in [6.45, 7) is 4.57. The molecule has 3 aromatic rings. The van der Waals surface area contributed by atoms with Crippen LogP contribution in [-0.2, 0) is 6.42 Å². The quantitative estimate of drug-likeness (QED) is 0.687. The van der Waals surface area contributed by atoms with Crippen molar-refractivity contribution in [2.24, 2.45) is 0 Å². The number of nitrogens with zero attached hydrogens (tertiary/aromatic N) is 1. The first-order chi connectivity index (χ1) is 10.1. The van der Waals surface area contributed by atoms with E-state index in [9.17, 15) is 4.79 Å². The number of carbonyl (C=O) groups excluding carboxylic acids is 1. The molecule has 0 unspecified atom stereocenters. The molecule has 0 spiro atoms. The van der Waals surface area contributed by atoms with Gasteiger partial charge in [-0.1, -0.05) is 0 Å². The molecule has 5 heteroatoms. The predicted molar refractivity (Wildman–Crippen MR) is 82.4 cm³/mol. The summed E-state index contributed by atoms with van der Waals surface area (Å²) in [5.74, 6) is -0.0445. The number of amides is 1. The van der Waals surface area contributed by atoms with Crippen LogP contribution < -0.4 is 5.32 Å². The van der Waals surface area contributed by atoms with Gasteiger partial charge in [-0.05, 0) is 50.1 Å². The molecule has 2 heterocycles. The number of aryl methyl sites for hydroxylation is 2. The summed E-state index contributed by atoms with van der Waals surface area (Å²) in [7, 11) is 0. The molecule has 0 saturated heterocycles. The molecule has 2 aromatic heterocycles. The Bertz CT molecular complexity index is 765. The molecular formula is C16H18N4O. The van der Waals surface area contributed by atoms with Crippen LogP contribution >= 0.6 is 0 Å². The van der Waals surface area contributed by atoms with Crippen LogP contribution in [0.25, 0.3) is 10.9 Å². The third-order valence-corrected chi connectivity index (χ3v) is 3.76. The van der Waals surface area contributed by atoms with Crippen LogP contribution in [0.5, 0.6) is 0 Å².